The molecule has 0 radical (unpaired) electrons. The molecule has 0 fully saturated rings. The standard InChI is InChI=1S/C10H11NO8/c1-4(12)17-7-8(18-5(2)13)10(16)11(9(7)15)19-6(3)14/h15-16H,1-3H3. The summed E-state index contributed by atoms with van der Waals surface area (Å²) in [7, 11) is 0. The fraction of sp³-hybridized carbons (Fsp3) is 0.300. The lowest BCUT2D eigenvalue weighted by molar-refractivity contribution is -0.142. The number of hydrogen-bond donors (Lipinski definition) is 2. The minimum absolute atomic E-state index is 0.263. The van der Waals surface area contributed by atoms with E-state index in [1.807, 2.05) is 0 Å². The summed E-state index contributed by atoms with van der Waals surface area (Å²) in [6.07, 6.45) is 0. The lowest BCUT2D eigenvalue weighted by atomic mass is 10.5. The predicted octanol–water partition coefficient (Wildman–Crippen LogP) is -0.275. The van der Waals surface area contributed by atoms with Crippen molar-refractivity contribution in [3.8, 4) is 23.3 Å². The molecule has 1 heterocycles. The van der Waals surface area contributed by atoms with Gasteiger partial charge >= 0.3 is 17.9 Å². The molecule has 0 unspecified atom stereocenters. The fourth-order valence-electron chi connectivity index (χ4n) is 1.17. The number of ether oxygens (including phenoxy) is 2. The van der Waals surface area contributed by atoms with Gasteiger partial charge in [-0.25, -0.2) is 4.79 Å². The van der Waals surface area contributed by atoms with E-state index in [1.165, 1.54) is 0 Å². The summed E-state index contributed by atoms with van der Waals surface area (Å²) < 4.78 is 9.43. The molecule has 104 valence electrons. The van der Waals surface area contributed by atoms with Crippen LogP contribution in [0.1, 0.15) is 20.8 Å². The number of nitrogens with zero attached hydrogens (tertiary/aromatic N) is 1. The van der Waals surface area contributed by atoms with Crippen LogP contribution in [0.4, 0.5) is 0 Å². The molecule has 0 amide bonds. The molecule has 0 aliphatic rings. The summed E-state index contributed by atoms with van der Waals surface area (Å²) in [5.41, 5.74) is 0. The summed E-state index contributed by atoms with van der Waals surface area (Å²) in [5, 5.41) is 19.3. The maximum atomic E-state index is 10.9. The molecule has 0 saturated heterocycles. The van der Waals surface area contributed by atoms with Crippen LogP contribution in [-0.4, -0.2) is 32.9 Å². The zero-order valence-electron chi connectivity index (χ0n) is 10.3. The highest BCUT2D eigenvalue weighted by molar-refractivity contribution is 5.77. The molecular formula is C10H11NO8. The van der Waals surface area contributed by atoms with Gasteiger partial charge in [0.05, 0.1) is 0 Å². The first-order valence-electron chi connectivity index (χ1n) is 4.96. The largest absolute Gasteiger partial charge is 0.490 e. The Morgan fingerprint density at radius 1 is 0.842 bits per heavy atom. The van der Waals surface area contributed by atoms with Crippen LogP contribution in [0.5, 0.6) is 23.3 Å². The van der Waals surface area contributed by atoms with Crippen LogP contribution in [0, 0.1) is 0 Å². The van der Waals surface area contributed by atoms with E-state index < -0.39 is 41.2 Å². The van der Waals surface area contributed by atoms with E-state index in [2.05, 4.69) is 14.3 Å². The van der Waals surface area contributed by atoms with Crippen LogP contribution < -0.4 is 14.3 Å². The van der Waals surface area contributed by atoms with E-state index in [9.17, 15) is 24.6 Å². The molecule has 9 heteroatoms. The van der Waals surface area contributed by atoms with Crippen LogP contribution in [0.3, 0.4) is 0 Å². The summed E-state index contributed by atoms with van der Waals surface area (Å²) in [6.45, 7) is 3.06. The zero-order valence-corrected chi connectivity index (χ0v) is 10.3. The second-order valence-corrected chi connectivity index (χ2v) is 3.37. The molecule has 19 heavy (non-hydrogen) atoms. The summed E-state index contributed by atoms with van der Waals surface area (Å²) in [4.78, 5) is 37.0. The second-order valence-electron chi connectivity index (χ2n) is 3.37. The normalized spacial score (nSPS) is 9.84. The molecule has 0 bridgehead atoms. The van der Waals surface area contributed by atoms with Crippen LogP contribution in [0.15, 0.2) is 0 Å². The van der Waals surface area contributed by atoms with Gasteiger partial charge in [0.1, 0.15) is 0 Å². The van der Waals surface area contributed by atoms with E-state index in [1.54, 1.807) is 0 Å². The van der Waals surface area contributed by atoms with Gasteiger partial charge in [-0.3, -0.25) is 9.59 Å². The highest BCUT2D eigenvalue weighted by Crippen LogP contribution is 2.46. The molecule has 0 aromatic carbocycles. The first-order valence-corrected chi connectivity index (χ1v) is 4.96. The van der Waals surface area contributed by atoms with Gasteiger partial charge in [-0.05, 0) is 0 Å². The van der Waals surface area contributed by atoms with Gasteiger partial charge in [0.15, 0.2) is 0 Å². The molecule has 0 spiro atoms. The summed E-state index contributed by atoms with van der Waals surface area (Å²) in [5.74, 6) is -5.64. The van der Waals surface area contributed by atoms with Crippen molar-refractivity contribution in [2.24, 2.45) is 0 Å². The van der Waals surface area contributed by atoms with Gasteiger partial charge in [-0.1, -0.05) is 4.73 Å². The topological polar surface area (TPSA) is 124 Å². The molecule has 2 N–H and O–H groups in total. The maximum absolute atomic E-state index is 10.9. The average Bonchev–Trinajstić information content (AvgIpc) is 2.44. The second kappa shape index (κ2) is 5.29. The smallest absolute Gasteiger partial charge is 0.330 e. The average molecular weight is 273 g/mol. The van der Waals surface area contributed by atoms with Crippen LogP contribution in [-0.2, 0) is 14.4 Å². The van der Waals surface area contributed by atoms with E-state index in [0.717, 1.165) is 20.8 Å². The van der Waals surface area contributed by atoms with Crippen molar-refractivity contribution in [2.45, 2.75) is 20.8 Å². The monoisotopic (exact) mass is 273 g/mol. The van der Waals surface area contributed by atoms with Crippen LogP contribution in [0.25, 0.3) is 0 Å². The van der Waals surface area contributed by atoms with E-state index >= 15 is 0 Å². The van der Waals surface area contributed by atoms with Crippen molar-refractivity contribution in [1.29, 1.82) is 0 Å². The number of carbonyl (C=O) groups excluding carboxylic acids is 3. The van der Waals surface area contributed by atoms with Crippen molar-refractivity contribution >= 4 is 17.9 Å². The van der Waals surface area contributed by atoms with Crippen LogP contribution >= 0.6 is 0 Å². The quantitative estimate of drug-likeness (QED) is 0.721. The highest BCUT2D eigenvalue weighted by atomic mass is 16.7. The minimum Gasteiger partial charge on any atom is -0.490 e. The van der Waals surface area contributed by atoms with E-state index in [-0.39, 0.29) is 4.73 Å². The summed E-state index contributed by atoms with van der Waals surface area (Å²) >= 11 is 0. The zero-order chi connectivity index (χ0) is 14.7. The minimum atomic E-state index is -0.904. The molecule has 0 aliphatic heterocycles. The van der Waals surface area contributed by atoms with Gasteiger partial charge in [-0.2, -0.15) is 0 Å². The molecule has 0 aliphatic carbocycles. The maximum Gasteiger partial charge on any atom is 0.330 e. The van der Waals surface area contributed by atoms with Crippen LogP contribution in [0.2, 0.25) is 0 Å². The Balaban J connectivity index is 3.36. The molecule has 1 rings (SSSR count). The van der Waals surface area contributed by atoms with Crippen molar-refractivity contribution < 1.29 is 38.9 Å². The Labute approximate surface area is 106 Å². The van der Waals surface area contributed by atoms with Gasteiger partial charge in [-0.15, -0.1) is 0 Å². The lowest BCUT2D eigenvalue weighted by Crippen LogP contribution is -2.15. The molecule has 9 nitrogen and oxygen atoms in total. The Bertz CT molecular complexity index is 505. The Kier molecular flexibility index (Phi) is 4.00. The first kappa shape index (κ1) is 14.4. The van der Waals surface area contributed by atoms with Gasteiger partial charge in [0.25, 0.3) is 11.8 Å². The third kappa shape index (κ3) is 3.15. The Morgan fingerprint density at radius 2 is 1.21 bits per heavy atom. The number of aromatic hydroxyl groups is 2. The SMILES string of the molecule is CC(=O)Oc1c(OC(C)=O)c(O)n(OC(C)=O)c1O. The van der Waals surface area contributed by atoms with Gasteiger partial charge in [0.2, 0.25) is 11.5 Å². The number of esters is 2. The third-order valence-corrected chi connectivity index (χ3v) is 1.71. The van der Waals surface area contributed by atoms with Crippen molar-refractivity contribution in [3.63, 3.8) is 0 Å². The van der Waals surface area contributed by atoms with Gasteiger partial charge < -0.3 is 24.5 Å². The van der Waals surface area contributed by atoms with Crippen molar-refractivity contribution in [1.82, 2.24) is 4.73 Å². The lowest BCUT2D eigenvalue weighted by Gasteiger charge is -2.03. The van der Waals surface area contributed by atoms with E-state index in [4.69, 9.17) is 0 Å². The number of rotatable bonds is 3. The molecule has 0 saturated carbocycles. The number of carbonyl (C=O) groups is 3. The van der Waals surface area contributed by atoms with Gasteiger partial charge in [0, 0.05) is 20.8 Å². The third-order valence-electron chi connectivity index (χ3n) is 1.71. The molecule has 1 aromatic heterocycles. The Morgan fingerprint density at radius 3 is 1.47 bits per heavy atom. The fourth-order valence-corrected chi connectivity index (χ4v) is 1.17. The molecular weight excluding hydrogens is 262 g/mol. The molecule has 1 aromatic rings. The Hall–Kier alpha value is -2.71. The molecule has 0 atom stereocenters. The summed E-state index contributed by atoms with van der Waals surface area (Å²) in [6, 6.07) is 0. The number of hydrogen-bond acceptors (Lipinski definition) is 8. The van der Waals surface area contributed by atoms with Crippen molar-refractivity contribution in [3.05, 3.63) is 0 Å². The van der Waals surface area contributed by atoms with E-state index in [0.29, 0.717) is 0 Å². The highest BCUT2D eigenvalue weighted by Gasteiger charge is 2.30. The predicted molar refractivity (Wildman–Crippen MR) is 57.6 cm³/mol. The first-order chi connectivity index (χ1) is 8.73. The van der Waals surface area contributed by atoms with Crippen molar-refractivity contribution in [2.75, 3.05) is 0 Å². The number of aromatic nitrogens is 1.